The van der Waals surface area contributed by atoms with Crippen LogP contribution in [-0.2, 0) is 21.6 Å². The summed E-state index contributed by atoms with van der Waals surface area (Å²) >= 11 is 3.40. The number of nitrogens with zero attached hydrogens (tertiary/aromatic N) is 5. The first-order valence-electron chi connectivity index (χ1n) is 16.7. The molecule has 0 amide bonds. The number of ether oxygens (including phenoxy) is 2. The third kappa shape index (κ3) is 17.3. The van der Waals surface area contributed by atoms with Gasteiger partial charge in [0.1, 0.15) is 11.5 Å². The van der Waals surface area contributed by atoms with E-state index < -0.39 is 9.85 Å². The minimum absolute atomic E-state index is 0. The van der Waals surface area contributed by atoms with E-state index in [4.69, 9.17) is 30.0 Å². The van der Waals surface area contributed by atoms with E-state index in [9.17, 15) is 29.8 Å². The Kier molecular flexibility index (Phi) is 25.7. The number of aromatic nitrogens is 2. The summed E-state index contributed by atoms with van der Waals surface area (Å²) < 4.78 is 12.2. The van der Waals surface area contributed by atoms with Crippen LogP contribution in [0.5, 0.6) is 11.5 Å². The second-order valence-corrected chi connectivity index (χ2v) is 12.1. The van der Waals surface area contributed by atoms with Gasteiger partial charge in [0.05, 0.1) is 53.9 Å². The van der Waals surface area contributed by atoms with Crippen molar-refractivity contribution in [2.75, 3.05) is 14.2 Å². The zero-order valence-electron chi connectivity index (χ0n) is 34.1. The zero-order chi connectivity index (χ0) is 43.3. The Morgan fingerprint density at radius 1 is 0.754 bits per heavy atom. The molecule has 0 saturated carbocycles. The van der Waals surface area contributed by atoms with Gasteiger partial charge in [-0.25, -0.2) is 0 Å². The number of nitro benzene ring substituents is 2. The van der Waals surface area contributed by atoms with Gasteiger partial charge in [-0.2, -0.15) is 10.5 Å². The standard InChI is InChI=1S/C20H15N3O4.C14H12BrNO3.C6H4N2O.CH2O3.2K.H/c1-27-19-6-5-15(13-22-8-7-14(12-21)10-20(22)24)9-18(19)16-3-2-4-17(11-16)23(25)26;1-19-14-6-5-10(9-15)7-13(14)11-3-2-4-12(8-11)16(17)18;7-4-5-1-2-8-6(9)3-5;2-1-4-3;;;/h2-11H,13H2,1H3;2-8H,9H2,1H3;1-3H,(H,8,9);1,3H;;;/q;;;;2*+1;-1/p-1. The fraction of sp³-hybridized carbons (Fsp3) is 0.0976. The van der Waals surface area contributed by atoms with Crippen LogP contribution < -0.4 is 129 Å². The van der Waals surface area contributed by atoms with Crippen molar-refractivity contribution in [2.45, 2.75) is 11.9 Å². The number of halogens is 1. The van der Waals surface area contributed by atoms with Crippen molar-refractivity contribution in [3.8, 4) is 45.9 Å². The molecule has 61 heavy (non-hydrogen) atoms. The molecule has 4 aromatic carbocycles. The second-order valence-electron chi connectivity index (χ2n) is 11.6. The van der Waals surface area contributed by atoms with E-state index in [2.05, 4.69) is 25.8 Å². The Balaban J connectivity index is 0.000000924. The Bertz CT molecular complexity index is 2640. The summed E-state index contributed by atoms with van der Waals surface area (Å²) in [6.45, 7) is 0.121. The fourth-order valence-electron chi connectivity index (χ4n) is 5.14. The van der Waals surface area contributed by atoms with Gasteiger partial charge in [-0.1, -0.05) is 52.3 Å². The van der Waals surface area contributed by atoms with Gasteiger partial charge in [-0.15, -0.1) is 0 Å². The number of rotatable bonds is 10. The number of aromatic amines is 1. The van der Waals surface area contributed by atoms with E-state index >= 15 is 0 Å². The first-order valence-corrected chi connectivity index (χ1v) is 17.8. The first kappa shape index (κ1) is 54.4. The number of nitriles is 2. The molecule has 17 nitrogen and oxygen atoms in total. The van der Waals surface area contributed by atoms with Crippen LogP contribution in [0, 0.1) is 42.9 Å². The maximum Gasteiger partial charge on any atom is 1.00 e. The molecule has 0 atom stereocenters. The number of benzene rings is 4. The molecular weight excluding hydrogens is 911 g/mol. The van der Waals surface area contributed by atoms with Crippen molar-refractivity contribution in [1.29, 1.82) is 10.5 Å². The van der Waals surface area contributed by atoms with E-state index in [-0.39, 0.29) is 133 Å². The van der Waals surface area contributed by atoms with Gasteiger partial charge < -0.3 is 30.6 Å². The average molecular weight is 944 g/mol. The zero-order valence-corrected chi connectivity index (χ0v) is 41.0. The molecule has 0 unspecified atom stereocenters. The van der Waals surface area contributed by atoms with Crippen molar-refractivity contribution < 1.29 is 138 Å². The summed E-state index contributed by atoms with van der Waals surface area (Å²) in [6, 6.07) is 33.5. The molecule has 6 rings (SSSR count). The van der Waals surface area contributed by atoms with E-state index in [1.165, 1.54) is 48.2 Å². The Morgan fingerprint density at radius 3 is 1.66 bits per heavy atom. The molecule has 0 saturated heterocycles. The van der Waals surface area contributed by atoms with Crippen LogP contribution >= 0.6 is 15.9 Å². The van der Waals surface area contributed by atoms with E-state index in [0.29, 0.717) is 40.3 Å². The molecule has 0 bridgehead atoms. The summed E-state index contributed by atoms with van der Waals surface area (Å²) in [5.74, 6) is 1.27. The number of nitrogens with one attached hydrogen (secondary N) is 1. The number of nitro groups is 2. The van der Waals surface area contributed by atoms with Crippen molar-refractivity contribution in [3.05, 3.63) is 185 Å². The van der Waals surface area contributed by atoms with Gasteiger partial charge >= 0.3 is 103 Å². The van der Waals surface area contributed by atoms with E-state index in [1.807, 2.05) is 48.5 Å². The maximum atomic E-state index is 12.1. The molecule has 0 aliphatic heterocycles. The van der Waals surface area contributed by atoms with Crippen LogP contribution in [-0.4, -0.2) is 40.1 Å². The molecule has 0 aliphatic rings. The first-order chi connectivity index (χ1) is 28.4. The minimum Gasteiger partial charge on any atom is -1.00 e. The molecule has 1 N–H and O–H groups in total. The summed E-state index contributed by atoms with van der Waals surface area (Å²) in [5.41, 5.74) is 5.11. The molecule has 20 heteroatoms. The predicted octanol–water partition coefficient (Wildman–Crippen LogP) is 0.319. The fourth-order valence-corrected chi connectivity index (χ4v) is 5.48. The molecule has 6 aromatic rings. The largest absolute Gasteiger partial charge is 1.00 e. The summed E-state index contributed by atoms with van der Waals surface area (Å²) in [7, 11) is 3.12. The molecule has 0 spiro atoms. The predicted molar refractivity (Wildman–Crippen MR) is 217 cm³/mol. The minimum atomic E-state index is -0.448. The summed E-state index contributed by atoms with van der Waals surface area (Å²) in [5, 5.41) is 48.2. The maximum absolute atomic E-state index is 12.1. The normalized spacial score (nSPS) is 9.28. The number of alkyl halides is 1. The van der Waals surface area contributed by atoms with Gasteiger partial charge in [0, 0.05) is 65.2 Å². The summed E-state index contributed by atoms with van der Waals surface area (Å²) in [4.78, 5) is 57.2. The monoisotopic (exact) mass is 942 g/mol. The van der Waals surface area contributed by atoms with Gasteiger partial charge in [0.15, 0.2) is 0 Å². The third-order valence-electron chi connectivity index (χ3n) is 7.84. The van der Waals surface area contributed by atoms with Gasteiger partial charge in [0.25, 0.3) is 23.4 Å². The SMILES string of the molecule is COc1ccc(CBr)cc1-c1cccc([N+](=O)[O-])c1.COc1ccc(Cn2ccc(C#N)cc2=O)cc1-c1cccc([N+](=O)[O-])c1.N#Cc1cc[nH]c(=O)c1.O=CO[O-].[H-].[K+].[K+]. The van der Waals surface area contributed by atoms with Crippen molar-refractivity contribution >= 4 is 33.8 Å². The quantitative estimate of drug-likeness (QED) is 0.0486. The molecule has 302 valence electrons. The van der Waals surface area contributed by atoms with Crippen LogP contribution in [0.15, 0.2) is 131 Å². The van der Waals surface area contributed by atoms with Crippen molar-refractivity contribution in [3.63, 3.8) is 0 Å². The van der Waals surface area contributed by atoms with Crippen LogP contribution in [0.3, 0.4) is 0 Å². The molecular formula is C41H33BrK2N6O11. The van der Waals surface area contributed by atoms with Crippen LogP contribution in [0.25, 0.3) is 22.3 Å². The number of pyridine rings is 2. The van der Waals surface area contributed by atoms with Gasteiger partial charge in [0.2, 0.25) is 5.56 Å². The van der Waals surface area contributed by atoms with Crippen molar-refractivity contribution in [2.24, 2.45) is 0 Å². The summed E-state index contributed by atoms with van der Waals surface area (Å²) in [6.07, 6.45) is 3.01. The van der Waals surface area contributed by atoms with E-state index in [0.717, 1.165) is 27.6 Å². The van der Waals surface area contributed by atoms with Crippen molar-refractivity contribution in [1.82, 2.24) is 9.55 Å². The molecule has 0 fully saturated rings. The molecule has 2 aromatic heterocycles. The number of H-pyrrole nitrogens is 1. The van der Waals surface area contributed by atoms with Crippen LogP contribution in [0.1, 0.15) is 23.7 Å². The average Bonchev–Trinajstić information content (AvgIpc) is 3.27. The van der Waals surface area contributed by atoms with Crippen LogP contribution in [0.2, 0.25) is 0 Å². The van der Waals surface area contributed by atoms with Crippen LogP contribution in [0.4, 0.5) is 11.4 Å². The molecule has 2 heterocycles. The Labute approximate surface area is 443 Å². The number of carbonyl (C=O) groups excluding carboxylic acids is 1. The smallest absolute Gasteiger partial charge is 1.00 e. The van der Waals surface area contributed by atoms with E-state index in [1.54, 1.807) is 55.8 Å². The number of methoxy groups -OCH3 is 2. The third-order valence-corrected chi connectivity index (χ3v) is 8.49. The number of hydrogen-bond acceptors (Lipinski definition) is 13. The topological polar surface area (TPSA) is 257 Å². The number of hydrogen-bond donors (Lipinski definition) is 1. The molecule has 0 aliphatic carbocycles. The Morgan fingerprint density at radius 2 is 1.25 bits per heavy atom. The van der Waals surface area contributed by atoms with Gasteiger partial charge in [-0.05, 0) is 58.7 Å². The van der Waals surface area contributed by atoms with Gasteiger partial charge in [-0.3, -0.25) is 34.6 Å². The number of carbonyl (C=O) groups is 1. The second kappa shape index (κ2) is 28.8. The number of non-ortho nitro benzene ring substituents is 2. The molecule has 0 radical (unpaired) electrons. The Hall–Kier alpha value is -4.66.